The molecule has 1 aliphatic heterocycles. The molecule has 0 radical (unpaired) electrons. The first-order valence-corrected chi connectivity index (χ1v) is 14.1. The molecule has 41 heavy (non-hydrogen) atoms. The third-order valence-corrected chi connectivity index (χ3v) is 7.59. The van der Waals surface area contributed by atoms with Crippen LogP contribution in [-0.2, 0) is 14.3 Å². The van der Waals surface area contributed by atoms with Gasteiger partial charge in [-0.1, -0.05) is 12.1 Å². The van der Waals surface area contributed by atoms with Crippen LogP contribution in [0.4, 0.5) is 5.69 Å². The lowest BCUT2D eigenvalue weighted by Crippen LogP contribution is -2.48. The van der Waals surface area contributed by atoms with Crippen molar-refractivity contribution < 1.29 is 33.4 Å². The van der Waals surface area contributed by atoms with E-state index < -0.39 is 23.8 Å². The van der Waals surface area contributed by atoms with Gasteiger partial charge in [-0.3, -0.25) is 24.1 Å². The van der Waals surface area contributed by atoms with Gasteiger partial charge >= 0.3 is 0 Å². The standard InChI is InChI=1S/C30H33N3O7S/c1-19(34)20-8-11-22(12-9-20)33(27(35)18-32-29(36)26-7-5-15-41-26)28(30(37)31-17-23-6-4-14-40-23)21-10-13-24(38-2)25(16-21)39-3/h5,7-13,15-16,23,28H,4,6,14,17-18H2,1-3H3,(H,31,37)(H,32,36)/t23-,28+/m1/s1. The Morgan fingerprint density at radius 1 is 1.02 bits per heavy atom. The van der Waals surface area contributed by atoms with Gasteiger partial charge in [0.25, 0.3) is 5.91 Å². The molecule has 0 saturated carbocycles. The predicted molar refractivity (Wildman–Crippen MR) is 155 cm³/mol. The molecule has 10 nitrogen and oxygen atoms in total. The topological polar surface area (TPSA) is 123 Å². The molecule has 3 amide bonds. The molecule has 11 heteroatoms. The Morgan fingerprint density at radius 2 is 1.78 bits per heavy atom. The highest BCUT2D eigenvalue weighted by molar-refractivity contribution is 7.12. The summed E-state index contributed by atoms with van der Waals surface area (Å²) in [4.78, 5) is 54.1. The molecule has 1 fully saturated rings. The number of anilines is 1. The normalized spacial score (nSPS) is 15.0. The lowest BCUT2D eigenvalue weighted by molar-refractivity contribution is -0.126. The summed E-state index contributed by atoms with van der Waals surface area (Å²) in [6.07, 6.45) is 1.62. The molecule has 0 aliphatic carbocycles. The zero-order valence-corrected chi connectivity index (χ0v) is 24.0. The lowest BCUT2D eigenvalue weighted by atomic mass is 10.0. The second-order valence-electron chi connectivity index (χ2n) is 9.42. The van der Waals surface area contributed by atoms with Crippen molar-refractivity contribution in [2.45, 2.75) is 31.9 Å². The summed E-state index contributed by atoms with van der Waals surface area (Å²) in [7, 11) is 2.99. The van der Waals surface area contributed by atoms with Crippen molar-refractivity contribution in [2.24, 2.45) is 0 Å². The van der Waals surface area contributed by atoms with Crippen molar-refractivity contribution in [1.29, 1.82) is 0 Å². The summed E-state index contributed by atoms with van der Waals surface area (Å²) >= 11 is 1.26. The van der Waals surface area contributed by atoms with E-state index in [1.54, 1.807) is 60.0 Å². The van der Waals surface area contributed by atoms with Gasteiger partial charge in [0.15, 0.2) is 17.3 Å². The van der Waals surface area contributed by atoms with Gasteiger partial charge in [0.2, 0.25) is 11.8 Å². The Kier molecular flexibility index (Phi) is 10.1. The molecule has 2 atom stereocenters. The first-order valence-electron chi connectivity index (χ1n) is 13.2. The van der Waals surface area contributed by atoms with Gasteiger partial charge in [0.1, 0.15) is 6.04 Å². The van der Waals surface area contributed by atoms with Crippen molar-refractivity contribution in [3.8, 4) is 11.5 Å². The van der Waals surface area contributed by atoms with Gasteiger partial charge in [-0.15, -0.1) is 11.3 Å². The highest BCUT2D eigenvalue weighted by atomic mass is 32.1. The summed E-state index contributed by atoms with van der Waals surface area (Å²) < 4.78 is 16.5. The first-order chi connectivity index (χ1) is 19.8. The third kappa shape index (κ3) is 7.30. The van der Waals surface area contributed by atoms with Gasteiger partial charge in [-0.2, -0.15) is 0 Å². The van der Waals surface area contributed by atoms with Crippen molar-refractivity contribution in [1.82, 2.24) is 10.6 Å². The van der Waals surface area contributed by atoms with Gasteiger partial charge in [0.05, 0.1) is 31.7 Å². The molecule has 2 heterocycles. The molecular formula is C30H33N3O7S. The summed E-state index contributed by atoms with van der Waals surface area (Å²) in [5.41, 5.74) is 1.29. The van der Waals surface area contributed by atoms with Crippen molar-refractivity contribution in [3.63, 3.8) is 0 Å². The Labute approximate surface area is 242 Å². The minimum atomic E-state index is -1.15. The van der Waals surface area contributed by atoms with E-state index in [0.29, 0.717) is 39.8 Å². The smallest absolute Gasteiger partial charge is 0.261 e. The molecule has 0 spiro atoms. The Balaban J connectivity index is 1.73. The van der Waals surface area contributed by atoms with Gasteiger partial charge in [0, 0.05) is 24.4 Å². The number of carbonyl (C=O) groups excluding carboxylic acids is 4. The predicted octanol–water partition coefficient (Wildman–Crippen LogP) is 3.77. The zero-order valence-electron chi connectivity index (χ0n) is 23.2. The highest BCUT2D eigenvalue weighted by Crippen LogP contribution is 2.34. The van der Waals surface area contributed by atoms with E-state index in [4.69, 9.17) is 14.2 Å². The molecule has 4 rings (SSSR count). The number of nitrogens with one attached hydrogen (secondary N) is 2. The molecule has 2 aromatic carbocycles. The average molecular weight is 580 g/mol. The number of carbonyl (C=O) groups is 4. The molecular weight excluding hydrogens is 546 g/mol. The van der Waals surface area contributed by atoms with E-state index >= 15 is 0 Å². The van der Waals surface area contributed by atoms with Crippen molar-refractivity contribution in [2.75, 3.05) is 38.8 Å². The van der Waals surface area contributed by atoms with Crippen LogP contribution in [0.25, 0.3) is 0 Å². The van der Waals surface area contributed by atoms with Crippen LogP contribution in [0.3, 0.4) is 0 Å². The number of ketones is 1. The second-order valence-corrected chi connectivity index (χ2v) is 10.4. The van der Waals surface area contributed by atoms with E-state index in [-0.39, 0.29) is 25.0 Å². The van der Waals surface area contributed by atoms with Crippen LogP contribution in [0.15, 0.2) is 60.0 Å². The zero-order chi connectivity index (χ0) is 29.4. The quantitative estimate of drug-likeness (QED) is 0.313. The van der Waals surface area contributed by atoms with E-state index in [9.17, 15) is 19.2 Å². The van der Waals surface area contributed by atoms with Crippen LogP contribution in [0.1, 0.15) is 51.4 Å². The Bertz CT molecular complexity index is 1370. The van der Waals surface area contributed by atoms with Crippen LogP contribution in [0.2, 0.25) is 0 Å². The molecule has 1 saturated heterocycles. The highest BCUT2D eigenvalue weighted by Gasteiger charge is 2.34. The number of benzene rings is 2. The summed E-state index contributed by atoms with van der Waals surface area (Å²) in [6, 6.07) is 13.7. The number of amides is 3. The minimum absolute atomic E-state index is 0.117. The van der Waals surface area contributed by atoms with Gasteiger partial charge in [-0.25, -0.2) is 0 Å². The summed E-state index contributed by atoms with van der Waals surface area (Å²) in [6.45, 7) is 2.00. The molecule has 1 aromatic heterocycles. The van der Waals surface area contributed by atoms with E-state index in [1.807, 2.05) is 0 Å². The third-order valence-electron chi connectivity index (χ3n) is 6.72. The fraction of sp³-hybridized carbons (Fsp3) is 0.333. The number of methoxy groups -OCH3 is 2. The van der Waals surface area contributed by atoms with Crippen LogP contribution in [0, 0.1) is 0 Å². The molecule has 2 N–H and O–H groups in total. The van der Waals surface area contributed by atoms with Crippen LogP contribution in [0.5, 0.6) is 11.5 Å². The maximum Gasteiger partial charge on any atom is 0.261 e. The van der Waals surface area contributed by atoms with Crippen LogP contribution < -0.4 is 25.0 Å². The SMILES string of the molecule is COc1ccc([C@@H](C(=O)NC[C@H]2CCCO2)N(C(=O)CNC(=O)c2cccs2)c2ccc(C(C)=O)cc2)cc1OC. The van der Waals surface area contributed by atoms with Crippen molar-refractivity contribution in [3.05, 3.63) is 76.0 Å². The number of thiophene rings is 1. The lowest BCUT2D eigenvalue weighted by Gasteiger charge is -2.32. The molecule has 216 valence electrons. The average Bonchev–Trinajstić information content (AvgIpc) is 3.72. The molecule has 0 bridgehead atoms. The largest absolute Gasteiger partial charge is 0.493 e. The number of rotatable bonds is 12. The number of hydrogen-bond donors (Lipinski definition) is 2. The van der Waals surface area contributed by atoms with Crippen LogP contribution in [-0.4, -0.2) is 63.5 Å². The number of hydrogen-bond acceptors (Lipinski definition) is 8. The fourth-order valence-electron chi connectivity index (χ4n) is 4.59. The van der Waals surface area contributed by atoms with Gasteiger partial charge < -0.3 is 24.8 Å². The monoisotopic (exact) mass is 579 g/mol. The molecule has 0 unspecified atom stereocenters. The van der Waals surface area contributed by atoms with E-state index in [0.717, 1.165) is 12.8 Å². The maximum absolute atomic E-state index is 13.9. The molecule has 3 aromatic rings. The summed E-state index contributed by atoms with van der Waals surface area (Å²) in [5.74, 6) is -0.665. The fourth-order valence-corrected chi connectivity index (χ4v) is 5.23. The van der Waals surface area contributed by atoms with Crippen molar-refractivity contribution >= 4 is 40.5 Å². The minimum Gasteiger partial charge on any atom is -0.493 e. The van der Waals surface area contributed by atoms with Crippen LogP contribution >= 0.6 is 11.3 Å². The Hall–Kier alpha value is -4.22. The number of Topliss-reactive ketones (excluding diaryl/α,β-unsaturated/α-hetero) is 1. The summed E-state index contributed by atoms with van der Waals surface area (Å²) in [5, 5.41) is 7.37. The second kappa shape index (κ2) is 13.9. The van der Waals surface area contributed by atoms with E-state index in [2.05, 4.69) is 10.6 Å². The number of ether oxygens (including phenoxy) is 3. The van der Waals surface area contributed by atoms with Gasteiger partial charge in [-0.05, 0) is 73.2 Å². The first kappa shape index (κ1) is 29.8. The maximum atomic E-state index is 13.9. The Morgan fingerprint density at radius 3 is 2.39 bits per heavy atom. The number of nitrogens with zero attached hydrogens (tertiary/aromatic N) is 1. The molecule has 1 aliphatic rings. The van der Waals surface area contributed by atoms with E-state index in [1.165, 1.54) is 37.4 Å².